The molecular weight excluding hydrogens is 266 g/mol. The van der Waals surface area contributed by atoms with Gasteiger partial charge in [0.05, 0.1) is 18.9 Å². The van der Waals surface area contributed by atoms with Gasteiger partial charge in [0, 0.05) is 24.8 Å². The van der Waals surface area contributed by atoms with Gasteiger partial charge in [-0.2, -0.15) is 0 Å². The smallest absolute Gasteiger partial charge is 0.125 e. The van der Waals surface area contributed by atoms with Gasteiger partial charge in [-0.05, 0) is 32.0 Å². The zero-order chi connectivity index (χ0) is 15.2. The van der Waals surface area contributed by atoms with Crippen LogP contribution in [0, 0.1) is 13.8 Å². The highest BCUT2D eigenvalue weighted by molar-refractivity contribution is 5.38. The quantitative estimate of drug-likeness (QED) is 0.849. The molecule has 112 valence electrons. The number of nitrogens with zero attached hydrogens (tertiary/aromatic N) is 2. The van der Waals surface area contributed by atoms with E-state index in [1.165, 1.54) is 0 Å². The number of aliphatic hydroxyl groups is 1. The lowest BCUT2D eigenvalue weighted by molar-refractivity contribution is 0.170. The molecule has 2 N–H and O–H groups in total. The van der Waals surface area contributed by atoms with Gasteiger partial charge in [-0.25, -0.2) is 9.97 Å². The Hall–Kier alpha value is -1.98. The number of nitrogens with one attached hydrogen (secondary N) is 1. The number of methoxy groups -OCH3 is 1. The first-order valence-electron chi connectivity index (χ1n) is 6.92. The topological polar surface area (TPSA) is 67.3 Å². The Morgan fingerprint density at radius 2 is 2.10 bits per heavy atom. The minimum atomic E-state index is -0.622. The van der Waals surface area contributed by atoms with Gasteiger partial charge in [0.2, 0.25) is 0 Å². The van der Waals surface area contributed by atoms with Crippen molar-refractivity contribution in [3.63, 3.8) is 0 Å². The maximum absolute atomic E-state index is 10.3. The van der Waals surface area contributed by atoms with Crippen LogP contribution in [0.25, 0.3) is 0 Å². The van der Waals surface area contributed by atoms with Gasteiger partial charge in [0.15, 0.2) is 0 Å². The Kier molecular flexibility index (Phi) is 5.25. The van der Waals surface area contributed by atoms with Gasteiger partial charge in [-0.15, -0.1) is 0 Å². The number of aryl methyl sites for hydroxylation is 2. The molecule has 1 atom stereocenters. The van der Waals surface area contributed by atoms with Crippen molar-refractivity contribution < 1.29 is 9.84 Å². The van der Waals surface area contributed by atoms with Crippen molar-refractivity contribution in [2.24, 2.45) is 0 Å². The number of hydrogen-bond donors (Lipinski definition) is 2. The SMILES string of the molecule is COc1ccc(C)cc1C(O)CNCc1ccnc(C)n1. The number of benzene rings is 1. The first kappa shape index (κ1) is 15.4. The summed E-state index contributed by atoms with van der Waals surface area (Å²) in [6.45, 7) is 4.88. The number of aliphatic hydroxyl groups excluding tert-OH is 1. The van der Waals surface area contributed by atoms with Gasteiger partial charge in [-0.3, -0.25) is 0 Å². The van der Waals surface area contributed by atoms with E-state index in [0.29, 0.717) is 18.8 Å². The molecule has 0 aliphatic heterocycles. The van der Waals surface area contributed by atoms with Crippen LogP contribution in [-0.2, 0) is 6.54 Å². The molecule has 5 nitrogen and oxygen atoms in total. The van der Waals surface area contributed by atoms with Crippen molar-refractivity contribution in [3.05, 3.63) is 53.1 Å². The van der Waals surface area contributed by atoms with E-state index in [0.717, 1.165) is 22.6 Å². The highest BCUT2D eigenvalue weighted by Crippen LogP contribution is 2.25. The van der Waals surface area contributed by atoms with Crippen LogP contribution in [0.3, 0.4) is 0 Å². The summed E-state index contributed by atoms with van der Waals surface area (Å²) in [4.78, 5) is 8.37. The molecule has 0 radical (unpaired) electrons. The molecule has 21 heavy (non-hydrogen) atoms. The third-order valence-corrected chi connectivity index (χ3v) is 3.22. The van der Waals surface area contributed by atoms with Gasteiger partial charge in [0.25, 0.3) is 0 Å². The number of ether oxygens (including phenoxy) is 1. The van der Waals surface area contributed by atoms with Crippen molar-refractivity contribution in [2.75, 3.05) is 13.7 Å². The van der Waals surface area contributed by atoms with E-state index in [-0.39, 0.29) is 0 Å². The van der Waals surface area contributed by atoms with Gasteiger partial charge in [0.1, 0.15) is 11.6 Å². The van der Waals surface area contributed by atoms with Crippen LogP contribution in [0.2, 0.25) is 0 Å². The van der Waals surface area contributed by atoms with Crippen molar-refractivity contribution in [1.29, 1.82) is 0 Å². The normalized spacial score (nSPS) is 12.2. The molecule has 2 rings (SSSR count). The molecule has 1 heterocycles. The van der Waals surface area contributed by atoms with E-state index in [1.807, 2.05) is 38.1 Å². The van der Waals surface area contributed by atoms with E-state index < -0.39 is 6.10 Å². The Labute approximate surface area is 125 Å². The number of rotatable bonds is 6. The third-order valence-electron chi connectivity index (χ3n) is 3.22. The molecule has 0 aliphatic carbocycles. The Morgan fingerprint density at radius 3 is 2.81 bits per heavy atom. The molecule has 1 aromatic carbocycles. The molecule has 0 saturated carbocycles. The summed E-state index contributed by atoms with van der Waals surface area (Å²) in [5.74, 6) is 1.45. The molecule has 0 spiro atoms. The van der Waals surface area contributed by atoms with Crippen LogP contribution in [-0.4, -0.2) is 28.7 Å². The largest absolute Gasteiger partial charge is 0.496 e. The Bertz CT molecular complexity index is 602. The predicted octanol–water partition coefficient (Wildman–Crippen LogP) is 1.93. The van der Waals surface area contributed by atoms with Crippen molar-refractivity contribution in [3.8, 4) is 5.75 Å². The fraction of sp³-hybridized carbons (Fsp3) is 0.375. The van der Waals surface area contributed by atoms with Gasteiger partial charge in [-0.1, -0.05) is 11.6 Å². The predicted molar refractivity (Wildman–Crippen MR) is 81.2 cm³/mol. The van der Waals surface area contributed by atoms with E-state index in [9.17, 15) is 5.11 Å². The van der Waals surface area contributed by atoms with Gasteiger partial charge < -0.3 is 15.2 Å². The molecule has 1 aromatic heterocycles. The summed E-state index contributed by atoms with van der Waals surface area (Å²) < 4.78 is 5.29. The van der Waals surface area contributed by atoms with Crippen LogP contribution in [0.5, 0.6) is 5.75 Å². The van der Waals surface area contributed by atoms with E-state index in [2.05, 4.69) is 15.3 Å². The lowest BCUT2D eigenvalue weighted by Crippen LogP contribution is -2.22. The molecule has 0 saturated heterocycles. The van der Waals surface area contributed by atoms with Crippen LogP contribution >= 0.6 is 0 Å². The van der Waals surface area contributed by atoms with Crippen molar-refractivity contribution >= 4 is 0 Å². The summed E-state index contributed by atoms with van der Waals surface area (Å²) in [5, 5.41) is 13.5. The maximum atomic E-state index is 10.3. The van der Waals surface area contributed by atoms with Crippen LogP contribution in [0.15, 0.2) is 30.5 Å². The lowest BCUT2D eigenvalue weighted by Gasteiger charge is -2.16. The first-order chi connectivity index (χ1) is 10.1. The Balaban J connectivity index is 1.95. The monoisotopic (exact) mass is 287 g/mol. The van der Waals surface area contributed by atoms with Crippen molar-refractivity contribution in [2.45, 2.75) is 26.5 Å². The average Bonchev–Trinajstić information content (AvgIpc) is 2.47. The van der Waals surface area contributed by atoms with Crippen LogP contribution < -0.4 is 10.1 Å². The second-order valence-corrected chi connectivity index (χ2v) is 4.99. The fourth-order valence-electron chi connectivity index (χ4n) is 2.16. The molecule has 2 aromatic rings. The summed E-state index contributed by atoms with van der Waals surface area (Å²) in [6, 6.07) is 7.65. The highest BCUT2D eigenvalue weighted by atomic mass is 16.5. The van der Waals surface area contributed by atoms with E-state index >= 15 is 0 Å². The molecule has 5 heteroatoms. The van der Waals surface area contributed by atoms with E-state index in [4.69, 9.17) is 4.74 Å². The zero-order valence-electron chi connectivity index (χ0n) is 12.6. The molecule has 0 amide bonds. The Morgan fingerprint density at radius 1 is 1.29 bits per heavy atom. The van der Waals surface area contributed by atoms with Crippen LogP contribution in [0.1, 0.15) is 28.7 Å². The molecule has 1 unspecified atom stereocenters. The highest BCUT2D eigenvalue weighted by Gasteiger charge is 2.13. The maximum Gasteiger partial charge on any atom is 0.125 e. The standard InChI is InChI=1S/C16H21N3O2/c1-11-4-5-16(21-3)14(8-11)15(20)10-17-9-13-6-7-18-12(2)19-13/h4-8,15,17,20H,9-10H2,1-3H3. The second kappa shape index (κ2) is 7.15. The summed E-state index contributed by atoms with van der Waals surface area (Å²) in [6.07, 6.45) is 1.11. The lowest BCUT2D eigenvalue weighted by atomic mass is 10.1. The summed E-state index contributed by atoms with van der Waals surface area (Å²) in [5.41, 5.74) is 2.80. The summed E-state index contributed by atoms with van der Waals surface area (Å²) >= 11 is 0. The third kappa shape index (κ3) is 4.24. The van der Waals surface area contributed by atoms with Gasteiger partial charge >= 0.3 is 0 Å². The first-order valence-corrected chi connectivity index (χ1v) is 6.92. The number of hydrogen-bond acceptors (Lipinski definition) is 5. The van der Waals surface area contributed by atoms with Crippen molar-refractivity contribution in [1.82, 2.24) is 15.3 Å². The molecular formula is C16H21N3O2. The second-order valence-electron chi connectivity index (χ2n) is 4.99. The fourth-order valence-corrected chi connectivity index (χ4v) is 2.16. The molecule has 0 bridgehead atoms. The average molecular weight is 287 g/mol. The van der Waals surface area contributed by atoms with E-state index in [1.54, 1.807) is 13.3 Å². The molecule has 0 aliphatic rings. The van der Waals surface area contributed by atoms with Crippen LogP contribution in [0.4, 0.5) is 0 Å². The molecule has 0 fully saturated rings. The minimum Gasteiger partial charge on any atom is -0.496 e. The zero-order valence-corrected chi connectivity index (χ0v) is 12.6. The summed E-state index contributed by atoms with van der Waals surface area (Å²) in [7, 11) is 1.61. The minimum absolute atomic E-state index is 0.433. The number of aromatic nitrogens is 2.